The highest BCUT2D eigenvalue weighted by atomic mass is 19.1. The summed E-state index contributed by atoms with van der Waals surface area (Å²) >= 11 is 0. The third-order valence-electron chi connectivity index (χ3n) is 5.39. The highest BCUT2D eigenvalue weighted by Crippen LogP contribution is 2.27. The molecule has 33 heavy (non-hydrogen) atoms. The summed E-state index contributed by atoms with van der Waals surface area (Å²) in [5.41, 5.74) is 2.50. The van der Waals surface area contributed by atoms with Crippen molar-refractivity contribution in [1.29, 1.82) is 0 Å². The van der Waals surface area contributed by atoms with E-state index in [-0.39, 0.29) is 22.9 Å². The molecule has 0 spiro atoms. The van der Waals surface area contributed by atoms with E-state index in [1.807, 2.05) is 29.2 Å². The van der Waals surface area contributed by atoms with Crippen LogP contribution in [0.5, 0.6) is 0 Å². The van der Waals surface area contributed by atoms with E-state index in [1.165, 1.54) is 22.9 Å². The van der Waals surface area contributed by atoms with Gasteiger partial charge in [0.15, 0.2) is 5.82 Å². The maximum Gasteiger partial charge on any atom is 0.255 e. The molecule has 0 radical (unpaired) electrons. The average Bonchev–Trinajstić information content (AvgIpc) is 2.84. The lowest BCUT2D eigenvalue weighted by molar-refractivity contribution is 0.0390. The van der Waals surface area contributed by atoms with Crippen LogP contribution >= 0.6 is 0 Å². The second-order valence-corrected chi connectivity index (χ2v) is 7.44. The average molecular weight is 450 g/mol. The predicted molar refractivity (Wildman–Crippen MR) is 123 cm³/mol. The van der Waals surface area contributed by atoms with E-state index < -0.39 is 5.82 Å². The molecule has 1 aromatic carbocycles. The number of rotatable bonds is 6. The van der Waals surface area contributed by atoms with Crippen LogP contribution in [0.4, 0.5) is 10.3 Å². The number of halogens is 1. The van der Waals surface area contributed by atoms with Crippen LogP contribution < -0.4 is 16.4 Å². The molecule has 1 aliphatic rings. The molecule has 3 aromatic rings. The minimum Gasteiger partial charge on any atom is -0.399 e. The van der Waals surface area contributed by atoms with Crippen LogP contribution in [-0.2, 0) is 16.6 Å². The Kier molecular flexibility index (Phi) is 6.57. The van der Waals surface area contributed by atoms with Gasteiger partial charge in [-0.05, 0) is 17.2 Å². The fraction of sp³-hybridized carbons (Fsp3) is 0.217. The summed E-state index contributed by atoms with van der Waals surface area (Å²) < 4.78 is 21.7. The fourth-order valence-corrected chi connectivity index (χ4v) is 3.62. The molecule has 0 bridgehead atoms. The van der Waals surface area contributed by atoms with Gasteiger partial charge in [-0.3, -0.25) is 14.3 Å². The number of ether oxygens (including phenoxy) is 1. The summed E-state index contributed by atoms with van der Waals surface area (Å²) in [4.78, 5) is 31.3. The molecule has 1 fully saturated rings. The monoisotopic (exact) mass is 450 g/mol. The lowest BCUT2D eigenvalue weighted by atomic mass is 10.0. The van der Waals surface area contributed by atoms with E-state index in [1.54, 1.807) is 7.05 Å². The van der Waals surface area contributed by atoms with Crippen LogP contribution in [0.25, 0.3) is 17.0 Å². The molecule has 1 saturated heterocycles. The Balaban J connectivity index is 1.59. The van der Waals surface area contributed by atoms with Gasteiger partial charge in [0.2, 0.25) is 12.3 Å². The Bertz CT molecular complexity index is 1240. The number of nitrogens with two attached hydrogens (primary N) is 1. The Labute approximate surface area is 189 Å². The molecule has 170 valence electrons. The van der Waals surface area contributed by atoms with Crippen LogP contribution in [0.1, 0.15) is 17.2 Å². The predicted octanol–water partition coefficient (Wildman–Crippen LogP) is 2.45. The SMILES string of the molecule is C=C(N=CON)c1ccc([C@H]2CN(c3nc(-c4ccncc4F)cc(=O)n3C)CCO2)cc1. The molecule has 4 rings (SSSR count). The third-order valence-corrected chi connectivity index (χ3v) is 5.39. The van der Waals surface area contributed by atoms with Crippen molar-refractivity contribution < 1.29 is 14.0 Å². The van der Waals surface area contributed by atoms with Crippen molar-refractivity contribution in [3.05, 3.63) is 82.7 Å². The minimum absolute atomic E-state index is 0.229. The molecular formula is C23H23FN6O3. The summed E-state index contributed by atoms with van der Waals surface area (Å²) in [7, 11) is 1.65. The van der Waals surface area contributed by atoms with Crippen molar-refractivity contribution in [2.24, 2.45) is 17.9 Å². The zero-order valence-corrected chi connectivity index (χ0v) is 18.0. The van der Waals surface area contributed by atoms with Gasteiger partial charge in [0.1, 0.15) is 6.10 Å². The number of pyridine rings is 1. The molecule has 0 unspecified atom stereocenters. The van der Waals surface area contributed by atoms with Crippen LogP contribution in [-0.4, -0.2) is 40.6 Å². The van der Waals surface area contributed by atoms with Gasteiger partial charge in [-0.1, -0.05) is 30.8 Å². The van der Waals surface area contributed by atoms with Crippen LogP contribution in [0.2, 0.25) is 0 Å². The number of nitrogens with zero attached hydrogens (tertiary/aromatic N) is 5. The lowest BCUT2D eigenvalue weighted by Crippen LogP contribution is -2.41. The smallest absolute Gasteiger partial charge is 0.255 e. The molecular weight excluding hydrogens is 427 g/mol. The van der Waals surface area contributed by atoms with Crippen molar-refractivity contribution in [1.82, 2.24) is 14.5 Å². The summed E-state index contributed by atoms with van der Waals surface area (Å²) in [6.45, 7) is 5.33. The van der Waals surface area contributed by atoms with Crippen molar-refractivity contribution in [3.63, 3.8) is 0 Å². The second-order valence-electron chi connectivity index (χ2n) is 7.44. The van der Waals surface area contributed by atoms with Crippen molar-refractivity contribution in [2.75, 3.05) is 24.6 Å². The van der Waals surface area contributed by atoms with Crippen molar-refractivity contribution in [2.45, 2.75) is 6.10 Å². The van der Waals surface area contributed by atoms with Gasteiger partial charge < -0.3 is 14.5 Å². The maximum absolute atomic E-state index is 14.3. The van der Waals surface area contributed by atoms with Crippen LogP contribution in [0.15, 0.2) is 65.2 Å². The summed E-state index contributed by atoms with van der Waals surface area (Å²) in [6, 6.07) is 10.5. The Morgan fingerprint density at radius 2 is 2.15 bits per heavy atom. The molecule has 0 saturated carbocycles. The number of benzene rings is 1. The van der Waals surface area contributed by atoms with Gasteiger partial charge in [0, 0.05) is 31.4 Å². The van der Waals surface area contributed by atoms with Gasteiger partial charge in [0.25, 0.3) is 5.56 Å². The first-order valence-corrected chi connectivity index (χ1v) is 10.2. The van der Waals surface area contributed by atoms with Gasteiger partial charge in [-0.25, -0.2) is 14.4 Å². The van der Waals surface area contributed by atoms with Crippen LogP contribution in [0, 0.1) is 5.82 Å². The van der Waals surface area contributed by atoms with Gasteiger partial charge >= 0.3 is 0 Å². The number of aliphatic imine (C=N–C) groups is 1. The molecule has 9 nitrogen and oxygen atoms in total. The first kappa shape index (κ1) is 22.3. The molecule has 3 heterocycles. The zero-order valence-electron chi connectivity index (χ0n) is 18.0. The standard InChI is InChI=1S/C23H23FN6O3/c1-15(27-14-33-25)16-3-5-17(6-4-16)21-13-30(9-10-32-21)23-28-20(11-22(31)29(23)2)18-7-8-26-12-19(18)24/h3-8,11-12,14,21H,1,9-10,13,25H2,2H3/t21-/m1/s1. The minimum atomic E-state index is -0.534. The highest BCUT2D eigenvalue weighted by Gasteiger charge is 2.25. The summed E-state index contributed by atoms with van der Waals surface area (Å²) in [6.07, 6.45) is 3.44. The van der Waals surface area contributed by atoms with E-state index in [2.05, 4.69) is 26.4 Å². The number of aromatic nitrogens is 3. The van der Waals surface area contributed by atoms with E-state index in [9.17, 15) is 9.18 Å². The van der Waals surface area contributed by atoms with E-state index in [0.29, 0.717) is 31.3 Å². The third kappa shape index (κ3) is 4.81. The molecule has 10 heteroatoms. The number of hydrogen-bond donors (Lipinski definition) is 1. The largest absolute Gasteiger partial charge is 0.399 e. The first-order valence-electron chi connectivity index (χ1n) is 10.2. The number of morpholine rings is 1. The molecule has 1 atom stereocenters. The molecule has 2 N–H and O–H groups in total. The van der Waals surface area contributed by atoms with Crippen molar-refractivity contribution >= 4 is 18.0 Å². The topological polar surface area (TPSA) is 108 Å². The summed E-state index contributed by atoms with van der Waals surface area (Å²) in [5, 5.41) is 0. The molecule has 2 aromatic heterocycles. The van der Waals surface area contributed by atoms with E-state index in [4.69, 9.17) is 10.6 Å². The van der Waals surface area contributed by atoms with Gasteiger partial charge in [-0.2, -0.15) is 5.90 Å². The van der Waals surface area contributed by atoms with Gasteiger partial charge in [-0.15, -0.1) is 0 Å². The lowest BCUT2D eigenvalue weighted by Gasteiger charge is -2.34. The van der Waals surface area contributed by atoms with E-state index >= 15 is 0 Å². The number of anilines is 1. The Morgan fingerprint density at radius 3 is 2.88 bits per heavy atom. The van der Waals surface area contributed by atoms with Gasteiger partial charge in [0.05, 0.1) is 30.7 Å². The van der Waals surface area contributed by atoms with Crippen molar-refractivity contribution in [3.8, 4) is 11.3 Å². The highest BCUT2D eigenvalue weighted by molar-refractivity contribution is 5.69. The van der Waals surface area contributed by atoms with Crippen LogP contribution in [0.3, 0.4) is 0 Å². The molecule has 0 amide bonds. The number of hydrogen-bond acceptors (Lipinski definition) is 8. The van der Waals surface area contributed by atoms with E-state index in [0.717, 1.165) is 23.7 Å². The quantitative estimate of drug-likeness (QED) is 0.349. The molecule has 1 aliphatic heterocycles. The Morgan fingerprint density at radius 1 is 1.36 bits per heavy atom. The molecule has 0 aliphatic carbocycles. The first-order chi connectivity index (χ1) is 16.0. The maximum atomic E-state index is 14.3. The summed E-state index contributed by atoms with van der Waals surface area (Å²) in [5.74, 6) is 4.86. The normalized spacial score (nSPS) is 16.2. The fourth-order valence-electron chi connectivity index (χ4n) is 3.62. The zero-order chi connectivity index (χ0) is 23.4. The Hall–Kier alpha value is -3.89. The second kappa shape index (κ2) is 9.72.